The van der Waals surface area contributed by atoms with E-state index in [1.807, 2.05) is 4.68 Å². The fraction of sp³-hybridized carbons (Fsp3) is 0.875. The van der Waals surface area contributed by atoms with Crippen LogP contribution < -0.4 is 5.32 Å². The number of likely N-dealkylation sites (N-methyl/N-ethyl adjacent to an activating group) is 1. The van der Waals surface area contributed by atoms with Crippen LogP contribution in [0, 0.1) is 5.92 Å². The van der Waals surface area contributed by atoms with Crippen molar-refractivity contribution in [1.82, 2.24) is 25.2 Å². The highest BCUT2D eigenvalue weighted by atomic mass is 15.4. The van der Waals surface area contributed by atoms with E-state index >= 15 is 0 Å². The zero-order valence-corrected chi connectivity index (χ0v) is 13.7. The quantitative estimate of drug-likeness (QED) is 0.710. The van der Waals surface area contributed by atoms with E-state index in [0.29, 0.717) is 0 Å². The summed E-state index contributed by atoms with van der Waals surface area (Å²) in [4.78, 5) is 2.45. The molecular weight excluding hydrogens is 262 g/mol. The van der Waals surface area contributed by atoms with Gasteiger partial charge in [-0.25, -0.2) is 0 Å². The molecule has 1 aliphatic rings. The van der Waals surface area contributed by atoms with Gasteiger partial charge in [0, 0.05) is 25.8 Å². The number of hydrogen-bond acceptors (Lipinski definition) is 4. The minimum atomic E-state index is 0.825. The summed E-state index contributed by atoms with van der Waals surface area (Å²) in [5.41, 5.74) is 1.04. The lowest BCUT2D eigenvalue weighted by Crippen LogP contribution is -2.30. The Kier molecular flexibility index (Phi) is 7.16. The fourth-order valence-electron chi connectivity index (χ4n) is 3.10. The van der Waals surface area contributed by atoms with Crippen LogP contribution in [0.5, 0.6) is 0 Å². The Labute approximate surface area is 129 Å². The molecule has 1 N–H and O–H groups in total. The van der Waals surface area contributed by atoms with Gasteiger partial charge in [-0.2, -0.15) is 0 Å². The monoisotopic (exact) mass is 293 g/mol. The van der Waals surface area contributed by atoms with Crippen LogP contribution in [0.3, 0.4) is 0 Å². The van der Waals surface area contributed by atoms with E-state index in [-0.39, 0.29) is 0 Å². The summed E-state index contributed by atoms with van der Waals surface area (Å²) in [5.74, 6) is 0.910. The van der Waals surface area contributed by atoms with Crippen molar-refractivity contribution in [2.45, 2.75) is 58.5 Å². The minimum absolute atomic E-state index is 0.825. The number of rotatable bonds is 9. The molecule has 0 radical (unpaired) electrons. The van der Waals surface area contributed by atoms with Gasteiger partial charge in [0.05, 0.1) is 12.2 Å². The summed E-state index contributed by atoms with van der Waals surface area (Å²) in [6.07, 6.45) is 10.3. The van der Waals surface area contributed by atoms with Crippen LogP contribution in [0.1, 0.15) is 51.1 Å². The highest BCUT2D eigenvalue weighted by Crippen LogP contribution is 2.23. The molecule has 0 saturated heterocycles. The topological polar surface area (TPSA) is 46.0 Å². The zero-order chi connectivity index (χ0) is 14.9. The van der Waals surface area contributed by atoms with Crippen molar-refractivity contribution in [2.75, 3.05) is 26.7 Å². The Balaban J connectivity index is 1.64. The average molecular weight is 293 g/mol. The maximum absolute atomic E-state index is 4.21. The largest absolute Gasteiger partial charge is 0.311 e. The van der Waals surface area contributed by atoms with Crippen molar-refractivity contribution in [3.63, 3.8) is 0 Å². The second-order valence-corrected chi connectivity index (χ2v) is 6.42. The molecule has 2 rings (SSSR count). The predicted octanol–water partition coefficient (Wildman–Crippen LogP) is 2.29. The van der Waals surface area contributed by atoms with E-state index in [1.54, 1.807) is 0 Å². The van der Waals surface area contributed by atoms with Gasteiger partial charge in [0.1, 0.15) is 0 Å². The Morgan fingerprint density at radius 1 is 1.33 bits per heavy atom. The second-order valence-electron chi connectivity index (χ2n) is 6.42. The highest BCUT2D eigenvalue weighted by Gasteiger charge is 2.15. The van der Waals surface area contributed by atoms with Crippen LogP contribution in [0.2, 0.25) is 0 Å². The molecule has 1 saturated carbocycles. The fourth-order valence-corrected chi connectivity index (χ4v) is 3.10. The molecule has 1 aromatic heterocycles. The van der Waals surface area contributed by atoms with Gasteiger partial charge in [0.15, 0.2) is 0 Å². The van der Waals surface area contributed by atoms with Gasteiger partial charge >= 0.3 is 0 Å². The van der Waals surface area contributed by atoms with Gasteiger partial charge in [-0.05, 0) is 38.8 Å². The van der Waals surface area contributed by atoms with E-state index in [2.05, 4.69) is 40.7 Å². The van der Waals surface area contributed by atoms with Crippen molar-refractivity contribution in [2.24, 2.45) is 5.92 Å². The number of nitrogens with zero attached hydrogens (tertiary/aromatic N) is 4. The van der Waals surface area contributed by atoms with Gasteiger partial charge in [-0.15, -0.1) is 5.10 Å². The molecule has 1 aliphatic carbocycles. The molecule has 0 spiro atoms. The number of hydrogen-bond donors (Lipinski definition) is 1. The minimum Gasteiger partial charge on any atom is -0.311 e. The summed E-state index contributed by atoms with van der Waals surface area (Å²) in [6.45, 7) is 7.26. The zero-order valence-electron chi connectivity index (χ0n) is 13.7. The molecule has 120 valence electrons. The van der Waals surface area contributed by atoms with Crippen LogP contribution in [0.25, 0.3) is 0 Å². The Hall–Kier alpha value is -0.940. The molecule has 5 heteroatoms. The maximum Gasteiger partial charge on any atom is 0.0964 e. The van der Waals surface area contributed by atoms with E-state index < -0.39 is 0 Å². The molecule has 0 amide bonds. The molecule has 1 aromatic rings. The van der Waals surface area contributed by atoms with Crippen LogP contribution in [0.4, 0.5) is 0 Å². The summed E-state index contributed by atoms with van der Waals surface area (Å²) in [5, 5.41) is 11.8. The molecule has 0 bridgehead atoms. The predicted molar refractivity (Wildman–Crippen MR) is 86.1 cm³/mol. The molecule has 5 nitrogen and oxygen atoms in total. The Bertz CT molecular complexity index is 384. The van der Waals surface area contributed by atoms with E-state index in [1.165, 1.54) is 38.6 Å². The lowest BCUT2D eigenvalue weighted by molar-refractivity contribution is 0.225. The third-order valence-corrected chi connectivity index (χ3v) is 4.32. The average Bonchev–Trinajstić information content (AvgIpc) is 2.94. The van der Waals surface area contributed by atoms with Gasteiger partial charge in [0.25, 0.3) is 0 Å². The van der Waals surface area contributed by atoms with Crippen molar-refractivity contribution in [3.8, 4) is 0 Å². The first kappa shape index (κ1) is 16.4. The normalized spacial score (nSPS) is 16.7. The third kappa shape index (κ3) is 6.14. The van der Waals surface area contributed by atoms with Gasteiger partial charge in [0.2, 0.25) is 0 Å². The summed E-state index contributed by atoms with van der Waals surface area (Å²) in [7, 11) is 2.23. The van der Waals surface area contributed by atoms with Crippen LogP contribution in [-0.2, 0) is 13.1 Å². The smallest absolute Gasteiger partial charge is 0.0964 e. The lowest BCUT2D eigenvalue weighted by Gasteiger charge is -2.26. The van der Waals surface area contributed by atoms with E-state index in [9.17, 15) is 0 Å². The van der Waals surface area contributed by atoms with Crippen molar-refractivity contribution < 1.29 is 0 Å². The molecule has 21 heavy (non-hydrogen) atoms. The number of aromatic nitrogens is 3. The first-order valence-electron chi connectivity index (χ1n) is 8.56. The Morgan fingerprint density at radius 3 is 2.90 bits per heavy atom. The molecule has 0 aromatic carbocycles. The van der Waals surface area contributed by atoms with Gasteiger partial charge in [-0.1, -0.05) is 31.4 Å². The standard InChI is InChI=1S/C16H31N5/c1-3-9-17-12-16-14-21(19-18-16)11-10-20(2)13-15-7-5-4-6-8-15/h14-15,17H,3-13H2,1-2H3. The van der Waals surface area contributed by atoms with Crippen LogP contribution in [-0.4, -0.2) is 46.6 Å². The van der Waals surface area contributed by atoms with Crippen molar-refractivity contribution >= 4 is 0 Å². The van der Waals surface area contributed by atoms with Crippen LogP contribution >= 0.6 is 0 Å². The highest BCUT2D eigenvalue weighted by molar-refractivity contribution is 4.91. The molecular formula is C16H31N5. The van der Waals surface area contributed by atoms with Crippen molar-refractivity contribution in [3.05, 3.63) is 11.9 Å². The second kappa shape index (κ2) is 9.15. The van der Waals surface area contributed by atoms with Crippen molar-refractivity contribution in [1.29, 1.82) is 0 Å². The SMILES string of the molecule is CCCNCc1cn(CCN(C)CC2CCCCC2)nn1. The molecule has 1 fully saturated rings. The van der Waals surface area contributed by atoms with Crippen LogP contribution in [0.15, 0.2) is 6.20 Å². The molecule has 0 unspecified atom stereocenters. The lowest BCUT2D eigenvalue weighted by atomic mass is 9.89. The van der Waals surface area contributed by atoms with Gasteiger partial charge < -0.3 is 10.2 Å². The first-order chi connectivity index (χ1) is 10.3. The third-order valence-electron chi connectivity index (χ3n) is 4.32. The number of nitrogens with one attached hydrogen (secondary N) is 1. The molecule has 1 heterocycles. The maximum atomic E-state index is 4.21. The van der Waals surface area contributed by atoms with E-state index in [4.69, 9.17) is 0 Å². The first-order valence-corrected chi connectivity index (χ1v) is 8.56. The summed E-state index contributed by atoms with van der Waals surface area (Å²) < 4.78 is 1.97. The Morgan fingerprint density at radius 2 is 2.14 bits per heavy atom. The molecule has 0 aliphatic heterocycles. The summed E-state index contributed by atoms with van der Waals surface area (Å²) in [6, 6.07) is 0. The van der Waals surface area contributed by atoms with E-state index in [0.717, 1.165) is 44.2 Å². The summed E-state index contributed by atoms with van der Waals surface area (Å²) >= 11 is 0. The van der Waals surface area contributed by atoms with Gasteiger partial charge in [-0.3, -0.25) is 4.68 Å². The molecule has 0 atom stereocenters.